The number of alkyl halides is 3. The summed E-state index contributed by atoms with van der Waals surface area (Å²) in [6.45, 7) is 0.839. The number of hydrogen-bond donors (Lipinski definition) is 1. The summed E-state index contributed by atoms with van der Waals surface area (Å²) in [6.07, 6.45) is -3.19. The first-order valence-corrected chi connectivity index (χ1v) is 9.03. The van der Waals surface area contributed by atoms with Gasteiger partial charge in [-0.25, -0.2) is 0 Å². The molecule has 1 saturated heterocycles. The van der Waals surface area contributed by atoms with Crippen LogP contribution in [0.15, 0.2) is 41.8 Å². The summed E-state index contributed by atoms with van der Waals surface area (Å²) in [5.41, 5.74) is -0.708. The van der Waals surface area contributed by atoms with Crippen molar-refractivity contribution in [1.29, 1.82) is 0 Å². The van der Waals surface area contributed by atoms with E-state index in [0.717, 1.165) is 12.1 Å². The Balaban J connectivity index is 1.65. The molecule has 1 atom stereocenters. The van der Waals surface area contributed by atoms with Gasteiger partial charge in [0.25, 0.3) is 5.91 Å². The Morgan fingerprint density at radius 1 is 1.19 bits per heavy atom. The van der Waals surface area contributed by atoms with Crippen molar-refractivity contribution in [3.05, 3.63) is 52.2 Å². The normalized spacial score (nSPS) is 17.8. The minimum absolute atomic E-state index is 0.103. The third-order valence-electron chi connectivity index (χ3n) is 4.27. The number of nitrogens with zero attached hydrogens (tertiary/aromatic N) is 1. The molecule has 2 amide bonds. The molecule has 1 fully saturated rings. The summed E-state index contributed by atoms with van der Waals surface area (Å²) < 4.78 is 38.3. The Bertz CT molecular complexity index is 790. The zero-order valence-electron chi connectivity index (χ0n) is 13.8. The van der Waals surface area contributed by atoms with Crippen LogP contribution in [0.4, 0.5) is 18.9 Å². The molecular formula is C18H17F3N2O2S. The summed E-state index contributed by atoms with van der Waals surface area (Å²) in [5.74, 6) is -0.924. The van der Waals surface area contributed by atoms with Crippen LogP contribution in [0.3, 0.4) is 0 Å². The van der Waals surface area contributed by atoms with Crippen molar-refractivity contribution in [3.8, 4) is 0 Å². The van der Waals surface area contributed by atoms with Crippen LogP contribution in [-0.2, 0) is 11.0 Å². The number of piperidine rings is 1. The van der Waals surface area contributed by atoms with Crippen molar-refractivity contribution >= 4 is 28.8 Å². The SMILES string of the molecule is O=C(Nc1cccc(C(F)(F)F)c1)[C@@H]1CCCN(C(=O)c2cccs2)C1. The van der Waals surface area contributed by atoms with Gasteiger partial charge in [-0.1, -0.05) is 12.1 Å². The van der Waals surface area contributed by atoms with Gasteiger partial charge < -0.3 is 10.2 Å². The van der Waals surface area contributed by atoms with Crippen molar-refractivity contribution < 1.29 is 22.8 Å². The summed E-state index contributed by atoms with van der Waals surface area (Å²) in [7, 11) is 0. The quantitative estimate of drug-likeness (QED) is 0.862. The Hall–Kier alpha value is -2.35. The monoisotopic (exact) mass is 382 g/mol. The molecule has 2 heterocycles. The van der Waals surface area contributed by atoms with Gasteiger partial charge in [0.2, 0.25) is 5.91 Å². The van der Waals surface area contributed by atoms with Gasteiger partial charge in [0.05, 0.1) is 16.4 Å². The maximum absolute atomic E-state index is 12.8. The second kappa shape index (κ2) is 7.49. The lowest BCUT2D eigenvalue weighted by atomic mass is 9.96. The number of amides is 2. The molecule has 1 aromatic carbocycles. The molecule has 0 radical (unpaired) electrons. The fraction of sp³-hybridized carbons (Fsp3) is 0.333. The fourth-order valence-electron chi connectivity index (χ4n) is 2.95. The van der Waals surface area contributed by atoms with E-state index in [1.54, 1.807) is 17.0 Å². The Morgan fingerprint density at radius 2 is 2.00 bits per heavy atom. The van der Waals surface area contributed by atoms with Gasteiger partial charge in [0.15, 0.2) is 0 Å². The van der Waals surface area contributed by atoms with E-state index in [-0.39, 0.29) is 24.0 Å². The number of carbonyl (C=O) groups is 2. The highest BCUT2D eigenvalue weighted by molar-refractivity contribution is 7.12. The molecular weight excluding hydrogens is 365 g/mol. The number of carbonyl (C=O) groups excluding carboxylic acids is 2. The molecule has 26 heavy (non-hydrogen) atoms. The molecule has 1 aliphatic heterocycles. The number of likely N-dealkylation sites (tertiary alicyclic amines) is 1. The Morgan fingerprint density at radius 3 is 2.69 bits per heavy atom. The van der Waals surface area contributed by atoms with E-state index < -0.39 is 17.7 Å². The third-order valence-corrected chi connectivity index (χ3v) is 5.13. The summed E-state index contributed by atoms with van der Waals surface area (Å²) in [6, 6.07) is 8.07. The number of hydrogen-bond acceptors (Lipinski definition) is 3. The van der Waals surface area contributed by atoms with Crippen LogP contribution in [0, 0.1) is 5.92 Å². The molecule has 8 heteroatoms. The van der Waals surface area contributed by atoms with E-state index in [9.17, 15) is 22.8 Å². The van der Waals surface area contributed by atoms with Crippen LogP contribution >= 0.6 is 11.3 Å². The lowest BCUT2D eigenvalue weighted by molar-refractivity contribution is -0.137. The highest BCUT2D eigenvalue weighted by Gasteiger charge is 2.32. The van der Waals surface area contributed by atoms with Gasteiger partial charge in [-0.15, -0.1) is 11.3 Å². The second-order valence-electron chi connectivity index (χ2n) is 6.14. The minimum Gasteiger partial charge on any atom is -0.337 e. The van der Waals surface area contributed by atoms with Crippen LogP contribution in [-0.4, -0.2) is 29.8 Å². The van der Waals surface area contributed by atoms with Crippen LogP contribution in [0.25, 0.3) is 0 Å². The highest BCUT2D eigenvalue weighted by Crippen LogP contribution is 2.31. The highest BCUT2D eigenvalue weighted by atomic mass is 32.1. The van der Waals surface area contributed by atoms with Crippen molar-refractivity contribution in [2.75, 3.05) is 18.4 Å². The van der Waals surface area contributed by atoms with Gasteiger partial charge in [0, 0.05) is 18.8 Å². The Kier molecular flexibility index (Phi) is 5.31. The predicted octanol–water partition coefficient (Wildman–Crippen LogP) is 4.26. The average molecular weight is 382 g/mol. The van der Waals surface area contributed by atoms with E-state index in [1.165, 1.54) is 23.5 Å². The maximum Gasteiger partial charge on any atom is 0.416 e. The van der Waals surface area contributed by atoms with Gasteiger partial charge in [-0.05, 0) is 42.5 Å². The standard InChI is InChI=1S/C18H17F3N2O2S/c19-18(20,21)13-5-1-6-14(10-13)22-16(24)12-4-2-8-23(11-12)17(25)15-7-3-9-26-15/h1,3,5-7,9-10,12H,2,4,8,11H2,(H,22,24)/t12-/m1/s1. The first kappa shape index (κ1) is 18.4. The van der Waals surface area contributed by atoms with Gasteiger partial charge >= 0.3 is 6.18 Å². The maximum atomic E-state index is 12.8. The smallest absolute Gasteiger partial charge is 0.337 e. The third kappa shape index (κ3) is 4.24. The first-order chi connectivity index (χ1) is 12.3. The predicted molar refractivity (Wildman–Crippen MR) is 93.0 cm³/mol. The van der Waals surface area contributed by atoms with E-state index in [2.05, 4.69) is 5.32 Å². The van der Waals surface area contributed by atoms with Crippen LogP contribution in [0.1, 0.15) is 28.1 Å². The molecule has 138 valence electrons. The molecule has 1 aliphatic rings. The largest absolute Gasteiger partial charge is 0.416 e. The zero-order valence-corrected chi connectivity index (χ0v) is 14.6. The molecule has 0 aliphatic carbocycles. The van der Waals surface area contributed by atoms with Crippen molar-refractivity contribution in [2.45, 2.75) is 19.0 Å². The summed E-state index contributed by atoms with van der Waals surface area (Å²) in [4.78, 5) is 27.1. The van der Waals surface area contributed by atoms with E-state index >= 15 is 0 Å². The lowest BCUT2D eigenvalue weighted by Gasteiger charge is -2.31. The molecule has 3 rings (SSSR count). The Labute approximate surface area is 152 Å². The molecule has 0 unspecified atom stereocenters. The number of rotatable bonds is 3. The number of thiophene rings is 1. The number of benzene rings is 1. The molecule has 4 nitrogen and oxygen atoms in total. The van der Waals surface area contributed by atoms with Crippen molar-refractivity contribution in [3.63, 3.8) is 0 Å². The van der Waals surface area contributed by atoms with Crippen LogP contribution in [0.5, 0.6) is 0 Å². The zero-order chi connectivity index (χ0) is 18.7. The number of anilines is 1. The molecule has 0 bridgehead atoms. The van der Waals surface area contributed by atoms with Gasteiger partial charge in [0.1, 0.15) is 0 Å². The van der Waals surface area contributed by atoms with E-state index in [1.807, 2.05) is 5.38 Å². The number of nitrogens with one attached hydrogen (secondary N) is 1. The second-order valence-corrected chi connectivity index (χ2v) is 7.08. The van der Waals surface area contributed by atoms with Crippen LogP contribution in [0.2, 0.25) is 0 Å². The number of halogens is 3. The van der Waals surface area contributed by atoms with Gasteiger partial charge in [-0.2, -0.15) is 13.2 Å². The van der Waals surface area contributed by atoms with Crippen LogP contribution < -0.4 is 5.32 Å². The molecule has 0 saturated carbocycles. The lowest BCUT2D eigenvalue weighted by Crippen LogP contribution is -2.43. The van der Waals surface area contributed by atoms with Crippen molar-refractivity contribution in [1.82, 2.24) is 4.90 Å². The van der Waals surface area contributed by atoms with E-state index in [0.29, 0.717) is 24.3 Å². The summed E-state index contributed by atoms with van der Waals surface area (Å²) >= 11 is 1.34. The first-order valence-electron chi connectivity index (χ1n) is 8.15. The minimum atomic E-state index is -4.46. The van der Waals surface area contributed by atoms with Crippen molar-refractivity contribution in [2.24, 2.45) is 5.92 Å². The molecule has 0 spiro atoms. The molecule has 2 aromatic rings. The topological polar surface area (TPSA) is 49.4 Å². The average Bonchev–Trinajstić information content (AvgIpc) is 3.15. The summed E-state index contributed by atoms with van der Waals surface area (Å²) in [5, 5.41) is 4.36. The van der Waals surface area contributed by atoms with E-state index in [4.69, 9.17) is 0 Å². The molecule has 1 N–H and O–H groups in total. The fourth-order valence-corrected chi connectivity index (χ4v) is 3.64. The molecule has 1 aromatic heterocycles. The van der Waals surface area contributed by atoms with Gasteiger partial charge in [-0.3, -0.25) is 9.59 Å².